The van der Waals surface area contributed by atoms with Crippen molar-refractivity contribution in [3.63, 3.8) is 0 Å². The number of aromatic nitrogens is 1. The number of phenolic OH excluding ortho intramolecular Hbond substituents is 1. The molecule has 172 valence electrons. The van der Waals surface area contributed by atoms with Crippen molar-refractivity contribution in [1.82, 2.24) is 4.98 Å². The Balaban J connectivity index is 1.34. The van der Waals surface area contributed by atoms with Crippen molar-refractivity contribution in [1.29, 1.82) is 0 Å². The van der Waals surface area contributed by atoms with Crippen LogP contribution in [-0.2, 0) is 16.0 Å². The predicted molar refractivity (Wildman–Crippen MR) is 127 cm³/mol. The van der Waals surface area contributed by atoms with E-state index in [1.54, 1.807) is 6.20 Å². The van der Waals surface area contributed by atoms with Crippen molar-refractivity contribution in [2.75, 3.05) is 12.4 Å². The molecule has 1 aromatic carbocycles. The molecule has 1 amide bonds. The first-order valence-corrected chi connectivity index (χ1v) is 12.8. The van der Waals surface area contributed by atoms with E-state index in [0.29, 0.717) is 41.0 Å². The van der Waals surface area contributed by atoms with E-state index in [2.05, 4.69) is 23.3 Å². The summed E-state index contributed by atoms with van der Waals surface area (Å²) in [6.07, 6.45) is 9.11. The largest absolute Gasteiger partial charge is 0.508 e. The zero-order chi connectivity index (χ0) is 22.5. The van der Waals surface area contributed by atoms with E-state index in [1.807, 2.05) is 26.2 Å². The number of nitrogens with zero attached hydrogens (tertiary/aromatic N) is 1. The molecular weight excluding hydrogens is 420 g/mol. The van der Waals surface area contributed by atoms with Crippen molar-refractivity contribution in [2.24, 2.45) is 23.2 Å². The van der Waals surface area contributed by atoms with Crippen LogP contribution in [0, 0.1) is 30.1 Å². The first-order chi connectivity index (χ1) is 15.4. The summed E-state index contributed by atoms with van der Waals surface area (Å²) in [5.41, 5.74) is 2.95. The number of carbonyl (C=O) groups excluding carboxylic acids is 1. The Morgan fingerprint density at radius 2 is 2.22 bits per heavy atom. The van der Waals surface area contributed by atoms with Gasteiger partial charge in [0.1, 0.15) is 5.75 Å². The van der Waals surface area contributed by atoms with Gasteiger partial charge in [0.25, 0.3) is 0 Å². The van der Waals surface area contributed by atoms with Gasteiger partial charge >= 0.3 is 0 Å². The van der Waals surface area contributed by atoms with Crippen LogP contribution in [0.25, 0.3) is 0 Å². The minimum atomic E-state index is 0.0683. The summed E-state index contributed by atoms with van der Waals surface area (Å²) in [7, 11) is 1.86. The third-order valence-electron chi connectivity index (χ3n) is 8.66. The molecule has 1 aromatic heterocycles. The molecule has 5 nitrogen and oxygen atoms in total. The van der Waals surface area contributed by atoms with Gasteiger partial charge in [0, 0.05) is 24.6 Å². The number of ether oxygens (including phenoxy) is 1. The third kappa shape index (κ3) is 3.75. The third-order valence-corrected chi connectivity index (χ3v) is 9.49. The lowest BCUT2D eigenvalue weighted by Gasteiger charge is -2.52. The molecule has 0 spiro atoms. The standard InChI is InChI=1S/C26H34N2O3S/c1-15-14-27-25(32-15)28-23(30)9-5-17-13-22(31-3)26(2)11-10-20-19-8-6-18(29)12-16(19)4-7-21(20)24(17)26/h6,8,12,14,17,20-22,24,29H,4-5,7,9-11,13H2,1-3H3,(H,27,28,30)/t17?,20?,21?,22-,24?,26+/m0/s1. The Bertz CT molecular complexity index is 1000. The SMILES string of the molecule is CO[C@H]1CC(CCC(=O)Nc2ncc(C)s2)C2C3CCc4cc(O)ccc4C3CC[C@@]21C. The number of nitrogens with one attached hydrogen (secondary N) is 1. The number of aromatic hydroxyl groups is 1. The number of anilines is 1. The highest BCUT2D eigenvalue weighted by Crippen LogP contribution is 2.64. The molecule has 4 unspecified atom stereocenters. The van der Waals surface area contributed by atoms with Crippen molar-refractivity contribution in [2.45, 2.75) is 70.8 Å². The Morgan fingerprint density at radius 1 is 1.38 bits per heavy atom. The van der Waals surface area contributed by atoms with Gasteiger partial charge in [0.15, 0.2) is 5.13 Å². The average molecular weight is 455 g/mol. The van der Waals surface area contributed by atoms with Crippen LogP contribution >= 0.6 is 11.3 Å². The number of aryl methyl sites for hydroxylation is 2. The summed E-state index contributed by atoms with van der Waals surface area (Å²) in [4.78, 5) is 18.0. The van der Waals surface area contributed by atoms with E-state index < -0.39 is 0 Å². The molecule has 2 N–H and O–H groups in total. The van der Waals surface area contributed by atoms with Gasteiger partial charge in [-0.25, -0.2) is 4.98 Å². The molecule has 2 saturated carbocycles. The van der Waals surface area contributed by atoms with Gasteiger partial charge < -0.3 is 15.2 Å². The van der Waals surface area contributed by atoms with E-state index in [1.165, 1.54) is 41.7 Å². The number of amides is 1. The summed E-state index contributed by atoms with van der Waals surface area (Å²) in [5.74, 6) is 2.70. The van der Waals surface area contributed by atoms with Gasteiger partial charge in [0.05, 0.1) is 6.10 Å². The number of rotatable bonds is 5. The molecule has 5 rings (SSSR count). The Kier molecular flexibility index (Phi) is 5.79. The van der Waals surface area contributed by atoms with Crippen LogP contribution in [0.5, 0.6) is 5.75 Å². The number of methoxy groups -OCH3 is 1. The molecule has 6 atom stereocenters. The molecule has 0 aliphatic heterocycles. The molecule has 0 saturated heterocycles. The van der Waals surface area contributed by atoms with Crippen molar-refractivity contribution in [3.05, 3.63) is 40.4 Å². The number of hydrogen-bond acceptors (Lipinski definition) is 5. The smallest absolute Gasteiger partial charge is 0.226 e. The zero-order valence-corrected chi connectivity index (χ0v) is 20.1. The van der Waals surface area contributed by atoms with Gasteiger partial charge in [-0.1, -0.05) is 13.0 Å². The van der Waals surface area contributed by atoms with E-state index in [0.717, 1.165) is 24.1 Å². The maximum absolute atomic E-state index is 12.6. The molecule has 0 radical (unpaired) electrons. The number of phenols is 1. The Labute approximate surface area is 194 Å². The minimum Gasteiger partial charge on any atom is -0.508 e. The lowest BCUT2D eigenvalue weighted by molar-refractivity contribution is -0.116. The highest BCUT2D eigenvalue weighted by Gasteiger charge is 2.58. The quantitative estimate of drug-likeness (QED) is 0.610. The molecule has 3 aliphatic carbocycles. The van der Waals surface area contributed by atoms with Gasteiger partial charge in [0.2, 0.25) is 5.91 Å². The fourth-order valence-corrected chi connectivity index (χ4v) is 8.05. The molecule has 0 bridgehead atoms. The van der Waals surface area contributed by atoms with Crippen LogP contribution in [-0.4, -0.2) is 29.2 Å². The predicted octanol–water partition coefficient (Wildman–Crippen LogP) is 5.67. The molecule has 3 aliphatic rings. The van der Waals surface area contributed by atoms with Crippen LogP contribution in [0.15, 0.2) is 24.4 Å². The Morgan fingerprint density at radius 3 is 2.97 bits per heavy atom. The number of benzene rings is 1. The summed E-state index contributed by atoms with van der Waals surface area (Å²) >= 11 is 1.52. The van der Waals surface area contributed by atoms with Crippen LogP contribution in [0.3, 0.4) is 0 Å². The monoisotopic (exact) mass is 454 g/mol. The Hall–Kier alpha value is -1.92. The van der Waals surface area contributed by atoms with Crippen LogP contribution < -0.4 is 5.32 Å². The second kappa shape index (κ2) is 8.45. The normalized spacial score (nSPS) is 33.3. The van der Waals surface area contributed by atoms with Gasteiger partial charge in [-0.15, -0.1) is 11.3 Å². The summed E-state index contributed by atoms with van der Waals surface area (Å²) < 4.78 is 6.04. The number of hydrogen-bond donors (Lipinski definition) is 2. The second-order valence-corrected chi connectivity index (χ2v) is 11.6. The van der Waals surface area contributed by atoms with E-state index in [9.17, 15) is 9.90 Å². The van der Waals surface area contributed by atoms with E-state index >= 15 is 0 Å². The fraction of sp³-hybridized carbons (Fsp3) is 0.615. The summed E-state index contributed by atoms with van der Waals surface area (Å²) in [5, 5.41) is 13.6. The van der Waals surface area contributed by atoms with Crippen LogP contribution in [0.1, 0.15) is 67.4 Å². The van der Waals surface area contributed by atoms with Gasteiger partial charge in [-0.2, -0.15) is 0 Å². The maximum Gasteiger partial charge on any atom is 0.226 e. The molecule has 6 heteroatoms. The molecule has 2 fully saturated rings. The zero-order valence-electron chi connectivity index (χ0n) is 19.3. The highest BCUT2D eigenvalue weighted by atomic mass is 32.1. The van der Waals surface area contributed by atoms with Crippen LogP contribution in [0.2, 0.25) is 0 Å². The minimum absolute atomic E-state index is 0.0683. The number of carbonyl (C=O) groups is 1. The van der Waals surface area contributed by atoms with Crippen molar-refractivity contribution >= 4 is 22.4 Å². The van der Waals surface area contributed by atoms with E-state index in [4.69, 9.17) is 4.74 Å². The fourth-order valence-electron chi connectivity index (χ4n) is 7.37. The average Bonchev–Trinajstić information content (AvgIpc) is 3.31. The topological polar surface area (TPSA) is 71.5 Å². The van der Waals surface area contributed by atoms with Gasteiger partial charge in [-0.3, -0.25) is 4.79 Å². The first-order valence-electron chi connectivity index (χ1n) is 12.0. The summed E-state index contributed by atoms with van der Waals surface area (Å²) in [6, 6.07) is 5.98. The number of fused-ring (bicyclic) bond motifs is 5. The van der Waals surface area contributed by atoms with Gasteiger partial charge in [-0.05, 0) is 97.8 Å². The molecule has 32 heavy (non-hydrogen) atoms. The van der Waals surface area contributed by atoms with Crippen molar-refractivity contribution in [3.8, 4) is 5.75 Å². The lowest BCUT2D eigenvalue weighted by Crippen LogP contribution is -2.45. The lowest BCUT2D eigenvalue weighted by atomic mass is 9.53. The number of thiazole rings is 1. The van der Waals surface area contributed by atoms with Crippen molar-refractivity contribution < 1.29 is 14.6 Å². The second-order valence-electron chi connectivity index (χ2n) is 10.3. The molecule has 2 aromatic rings. The maximum atomic E-state index is 12.6. The first kappa shape index (κ1) is 21.9. The highest BCUT2D eigenvalue weighted by molar-refractivity contribution is 7.15. The van der Waals surface area contributed by atoms with Crippen LogP contribution in [0.4, 0.5) is 5.13 Å². The molecular formula is C26H34N2O3S. The summed E-state index contributed by atoms with van der Waals surface area (Å²) in [6.45, 7) is 4.44. The molecule has 1 heterocycles. The van der Waals surface area contributed by atoms with E-state index in [-0.39, 0.29) is 17.4 Å².